The van der Waals surface area contributed by atoms with Gasteiger partial charge in [-0.2, -0.15) is 0 Å². The van der Waals surface area contributed by atoms with Gasteiger partial charge in [0.15, 0.2) is 5.60 Å². The number of aliphatic carboxylic acids is 5. The lowest BCUT2D eigenvalue weighted by Crippen LogP contribution is -2.42. The van der Waals surface area contributed by atoms with Crippen LogP contribution in [0.5, 0.6) is 0 Å². The Bertz CT molecular complexity index is 519. The van der Waals surface area contributed by atoms with Gasteiger partial charge in [-0.1, -0.05) is 21.6 Å². The summed E-state index contributed by atoms with van der Waals surface area (Å²) in [6, 6.07) is -1.85. The molecule has 0 saturated heterocycles. The number of carboxylic acids is 5. The predicted octanol–water partition coefficient (Wildman–Crippen LogP) is -2.06. The van der Waals surface area contributed by atoms with Gasteiger partial charge >= 0.3 is 29.8 Å². The molecule has 0 aliphatic rings. The van der Waals surface area contributed by atoms with Crippen molar-refractivity contribution in [1.82, 2.24) is 0 Å². The Labute approximate surface area is 160 Å². The van der Waals surface area contributed by atoms with Crippen LogP contribution in [0, 0.1) is 0 Å². The number of carboxylic acid groups (broad SMARTS) is 5. The van der Waals surface area contributed by atoms with Gasteiger partial charge in [-0.25, -0.2) is 4.79 Å². The Kier molecular flexibility index (Phi) is 13.2. The molecule has 13 nitrogen and oxygen atoms in total. The van der Waals surface area contributed by atoms with Crippen LogP contribution >= 0.6 is 21.6 Å². The zero-order valence-corrected chi connectivity index (χ0v) is 15.3. The summed E-state index contributed by atoms with van der Waals surface area (Å²) in [6.45, 7) is 0. The Morgan fingerprint density at radius 2 is 1.04 bits per heavy atom. The molecule has 0 radical (unpaired) electrons. The first-order chi connectivity index (χ1) is 12.2. The summed E-state index contributed by atoms with van der Waals surface area (Å²) >= 11 is 0. The monoisotopic (exact) mass is 432 g/mol. The van der Waals surface area contributed by atoms with Crippen LogP contribution in [0.4, 0.5) is 0 Å². The Morgan fingerprint density at radius 1 is 0.741 bits per heavy atom. The maximum Gasteiger partial charge on any atom is 0.336 e. The van der Waals surface area contributed by atoms with E-state index >= 15 is 0 Å². The molecule has 156 valence electrons. The highest BCUT2D eigenvalue weighted by atomic mass is 33.1. The summed E-state index contributed by atoms with van der Waals surface area (Å²) in [7, 11) is 2.41. The average Bonchev–Trinajstić information content (AvgIpc) is 2.49. The van der Waals surface area contributed by atoms with Crippen molar-refractivity contribution >= 4 is 51.4 Å². The van der Waals surface area contributed by atoms with Crippen LogP contribution in [0.1, 0.15) is 12.8 Å². The van der Waals surface area contributed by atoms with Crippen LogP contribution in [0.3, 0.4) is 0 Å². The van der Waals surface area contributed by atoms with Gasteiger partial charge in [0.25, 0.3) is 0 Å². The van der Waals surface area contributed by atoms with E-state index in [4.69, 9.17) is 42.1 Å². The first-order valence-corrected chi connectivity index (χ1v) is 9.32. The molecule has 2 atom stereocenters. The van der Waals surface area contributed by atoms with Crippen molar-refractivity contribution in [2.75, 3.05) is 11.5 Å². The van der Waals surface area contributed by atoms with E-state index in [0.29, 0.717) is 0 Å². The fourth-order valence-corrected chi connectivity index (χ4v) is 3.33. The molecule has 15 heteroatoms. The highest BCUT2D eigenvalue weighted by Gasteiger charge is 2.40. The summed E-state index contributed by atoms with van der Waals surface area (Å²) in [5.74, 6) is -6.70. The van der Waals surface area contributed by atoms with Crippen LogP contribution in [0.2, 0.25) is 0 Å². The van der Waals surface area contributed by atoms with E-state index in [1.165, 1.54) is 21.6 Å². The molecule has 0 aromatic heterocycles. The molecular weight excluding hydrogens is 412 g/mol. The quantitative estimate of drug-likeness (QED) is 0.122. The molecule has 0 aliphatic heterocycles. The zero-order valence-electron chi connectivity index (χ0n) is 13.7. The Hall–Kier alpha value is -2.07. The van der Waals surface area contributed by atoms with Crippen molar-refractivity contribution in [1.29, 1.82) is 0 Å². The van der Waals surface area contributed by atoms with E-state index in [1.807, 2.05) is 0 Å². The summed E-state index contributed by atoms with van der Waals surface area (Å²) in [5, 5.41) is 50.6. The molecular formula is C12H20N2O11S2. The van der Waals surface area contributed by atoms with Gasteiger partial charge in [0.2, 0.25) is 0 Å². The lowest BCUT2D eigenvalue weighted by molar-refractivity contribution is -0.170. The maximum absolute atomic E-state index is 10.3. The molecule has 0 spiro atoms. The fourth-order valence-electron chi connectivity index (χ4n) is 1.10. The van der Waals surface area contributed by atoms with Crippen LogP contribution in [-0.4, -0.2) is 89.7 Å². The topological polar surface area (TPSA) is 259 Å². The van der Waals surface area contributed by atoms with Gasteiger partial charge in [-0.15, -0.1) is 0 Å². The molecule has 0 rings (SSSR count). The summed E-state index contributed by atoms with van der Waals surface area (Å²) in [6.07, 6.45) is -2.29. The van der Waals surface area contributed by atoms with Crippen molar-refractivity contribution in [3.05, 3.63) is 0 Å². The van der Waals surface area contributed by atoms with Crippen molar-refractivity contribution in [3.63, 3.8) is 0 Å². The van der Waals surface area contributed by atoms with E-state index < -0.39 is 60.4 Å². The molecule has 0 heterocycles. The van der Waals surface area contributed by atoms with E-state index in [9.17, 15) is 24.0 Å². The Balaban J connectivity index is 0. The van der Waals surface area contributed by atoms with E-state index in [0.717, 1.165) is 0 Å². The number of hydrogen-bond acceptors (Lipinski definition) is 10. The minimum Gasteiger partial charge on any atom is -0.481 e. The standard InChI is InChI=1S/C6H12N2O4S2.C6H8O7/c7-3(5(9)10)1-13-14-2-4(8)6(11)12;7-3(8)1-6(13,5(11)12)2-4(9)10/h3-4H,1-2,7-8H2,(H,9,10)(H,11,12);13H,1-2H2,(H,7,8)(H,9,10)(H,11,12)/t3-,4-;/m0./s1. The minimum atomic E-state index is -2.74. The van der Waals surface area contributed by atoms with E-state index in [2.05, 4.69) is 0 Å². The third kappa shape index (κ3) is 13.8. The van der Waals surface area contributed by atoms with E-state index in [1.54, 1.807) is 0 Å². The minimum absolute atomic E-state index is 0.229. The number of nitrogens with two attached hydrogens (primary N) is 2. The van der Waals surface area contributed by atoms with Gasteiger partial charge in [0.1, 0.15) is 12.1 Å². The number of hydrogen-bond donors (Lipinski definition) is 8. The maximum atomic E-state index is 10.3. The molecule has 10 N–H and O–H groups in total. The highest BCUT2D eigenvalue weighted by Crippen LogP contribution is 2.22. The van der Waals surface area contributed by atoms with Crippen molar-refractivity contribution < 1.29 is 54.6 Å². The molecule has 0 saturated carbocycles. The SMILES string of the molecule is N[C@@H](CSSC[C@H](N)C(=O)O)C(=O)O.O=C(O)CC(O)(CC(=O)O)C(=O)O. The van der Waals surface area contributed by atoms with Crippen LogP contribution in [0.25, 0.3) is 0 Å². The van der Waals surface area contributed by atoms with Crippen LogP contribution in [0.15, 0.2) is 0 Å². The average molecular weight is 432 g/mol. The van der Waals surface area contributed by atoms with E-state index in [-0.39, 0.29) is 11.5 Å². The van der Waals surface area contributed by atoms with Crippen molar-refractivity contribution in [2.45, 2.75) is 30.5 Å². The smallest absolute Gasteiger partial charge is 0.336 e. The third-order valence-electron chi connectivity index (χ3n) is 2.50. The molecule has 0 fully saturated rings. The Morgan fingerprint density at radius 3 is 1.22 bits per heavy atom. The molecule has 0 aliphatic carbocycles. The largest absolute Gasteiger partial charge is 0.481 e. The van der Waals surface area contributed by atoms with Crippen LogP contribution < -0.4 is 11.5 Å². The summed E-state index contributed by atoms with van der Waals surface area (Å²) < 4.78 is 0. The first kappa shape index (κ1) is 27.2. The second kappa shape index (κ2) is 13.2. The molecule has 0 aromatic carbocycles. The second-order valence-corrected chi connectivity index (χ2v) is 7.49. The zero-order chi connectivity index (χ0) is 21.8. The molecule has 0 amide bonds. The van der Waals surface area contributed by atoms with Gasteiger partial charge < -0.3 is 42.1 Å². The number of carbonyl (C=O) groups is 5. The lowest BCUT2D eigenvalue weighted by Gasteiger charge is -2.18. The predicted molar refractivity (Wildman–Crippen MR) is 93.2 cm³/mol. The molecule has 0 bridgehead atoms. The van der Waals surface area contributed by atoms with Crippen LogP contribution in [-0.2, 0) is 24.0 Å². The number of aliphatic hydroxyl groups is 1. The van der Waals surface area contributed by atoms with Gasteiger partial charge in [0.05, 0.1) is 12.8 Å². The first-order valence-electron chi connectivity index (χ1n) is 6.83. The van der Waals surface area contributed by atoms with Gasteiger partial charge in [0, 0.05) is 11.5 Å². The molecule has 0 aromatic rings. The van der Waals surface area contributed by atoms with Gasteiger partial charge in [-0.05, 0) is 0 Å². The summed E-state index contributed by atoms with van der Waals surface area (Å²) in [4.78, 5) is 51.0. The molecule has 27 heavy (non-hydrogen) atoms. The third-order valence-corrected chi connectivity index (χ3v) is 4.97. The van der Waals surface area contributed by atoms with Crippen molar-refractivity contribution in [2.24, 2.45) is 11.5 Å². The molecule has 0 unspecified atom stereocenters. The normalized spacial score (nSPS) is 12.9. The van der Waals surface area contributed by atoms with Gasteiger partial charge in [-0.3, -0.25) is 19.2 Å². The number of rotatable bonds is 12. The second-order valence-electron chi connectivity index (χ2n) is 4.94. The fraction of sp³-hybridized carbons (Fsp3) is 0.583. The summed E-state index contributed by atoms with van der Waals surface area (Å²) in [5.41, 5.74) is 7.69. The highest BCUT2D eigenvalue weighted by molar-refractivity contribution is 8.76. The van der Waals surface area contributed by atoms with Crippen molar-refractivity contribution in [3.8, 4) is 0 Å². The lowest BCUT2D eigenvalue weighted by atomic mass is 9.96.